The maximum atomic E-state index is 5.97. The average Bonchev–Trinajstić information content (AvgIpc) is 2.75. The topological polar surface area (TPSA) is 28.2 Å². The predicted octanol–water partition coefficient (Wildman–Crippen LogP) is 4.09. The van der Waals surface area contributed by atoms with Crippen molar-refractivity contribution >= 4 is 38.3 Å². The molecule has 1 N–H and O–H groups in total. The lowest BCUT2D eigenvalue weighted by Crippen LogP contribution is -2.28. The highest BCUT2D eigenvalue weighted by molar-refractivity contribution is 7.22. The molecular formula is C14H20ClN3S. The summed E-state index contributed by atoms with van der Waals surface area (Å²) < 4.78 is 1.13. The predicted molar refractivity (Wildman–Crippen MR) is 85.5 cm³/mol. The van der Waals surface area contributed by atoms with E-state index in [9.17, 15) is 0 Å². The monoisotopic (exact) mass is 297 g/mol. The van der Waals surface area contributed by atoms with Crippen molar-refractivity contribution < 1.29 is 0 Å². The molecule has 5 heteroatoms. The van der Waals surface area contributed by atoms with E-state index in [1.807, 2.05) is 18.2 Å². The second-order valence-electron chi connectivity index (χ2n) is 4.99. The number of nitrogens with one attached hydrogen (secondary N) is 1. The molecular weight excluding hydrogens is 278 g/mol. The maximum Gasteiger partial charge on any atom is 0.183 e. The molecule has 2 rings (SSSR count). The number of hydrogen-bond donors (Lipinski definition) is 1. The van der Waals surface area contributed by atoms with Crippen molar-refractivity contribution in [2.75, 3.05) is 25.5 Å². The van der Waals surface area contributed by atoms with Crippen LogP contribution < -0.4 is 5.32 Å². The highest BCUT2D eigenvalue weighted by Gasteiger charge is 2.05. The normalized spacial score (nSPS) is 11.7. The summed E-state index contributed by atoms with van der Waals surface area (Å²) in [4.78, 5) is 6.89. The van der Waals surface area contributed by atoms with Crippen LogP contribution in [0, 0.1) is 0 Å². The smallest absolute Gasteiger partial charge is 0.183 e. The van der Waals surface area contributed by atoms with Crippen LogP contribution >= 0.6 is 22.9 Å². The first kappa shape index (κ1) is 14.6. The van der Waals surface area contributed by atoms with Crippen molar-refractivity contribution in [1.29, 1.82) is 0 Å². The number of anilines is 1. The van der Waals surface area contributed by atoms with E-state index >= 15 is 0 Å². The van der Waals surface area contributed by atoms with E-state index in [0.717, 1.165) is 39.9 Å². The molecule has 1 aromatic carbocycles. The van der Waals surface area contributed by atoms with Crippen molar-refractivity contribution in [3.63, 3.8) is 0 Å². The Balaban J connectivity index is 1.85. The van der Waals surface area contributed by atoms with E-state index in [4.69, 9.17) is 11.6 Å². The average molecular weight is 298 g/mol. The van der Waals surface area contributed by atoms with Gasteiger partial charge in [-0.1, -0.05) is 22.9 Å². The number of benzene rings is 1. The summed E-state index contributed by atoms with van der Waals surface area (Å²) in [6.45, 7) is 6.47. The van der Waals surface area contributed by atoms with Crippen molar-refractivity contribution in [1.82, 2.24) is 9.88 Å². The quantitative estimate of drug-likeness (QED) is 0.814. The molecule has 0 unspecified atom stereocenters. The number of fused-ring (bicyclic) bond motifs is 1. The highest BCUT2D eigenvalue weighted by atomic mass is 35.5. The molecule has 104 valence electrons. The molecule has 0 saturated heterocycles. The van der Waals surface area contributed by atoms with Gasteiger partial charge in [-0.2, -0.15) is 0 Å². The zero-order valence-corrected chi connectivity index (χ0v) is 13.2. The summed E-state index contributed by atoms with van der Waals surface area (Å²) in [5.41, 5.74) is 1.01. The standard InChI is InChI=1S/C14H20ClN3S/c1-10(2)18(3)8-4-7-16-14-17-12-6-5-11(15)9-13(12)19-14/h5-6,9-10H,4,7-8H2,1-3H3,(H,16,17). The van der Waals surface area contributed by atoms with Crippen molar-refractivity contribution in [2.24, 2.45) is 0 Å². The van der Waals surface area contributed by atoms with Gasteiger partial charge in [0.15, 0.2) is 5.13 Å². The van der Waals surface area contributed by atoms with Gasteiger partial charge in [0.2, 0.25) is 0 Å². The van der Waals surface area contributed by atoms with Crippen molar-refractivity contribution in [3.05, 3.63) is 23.2 Å². The lowest BCUT2D eigenvalue weighted by atomic mass is 10.3. The van der Waals surface area contributed by atoms with E-state index in [0.29, 0.717) is 6.04 Å². The van der Waals surface area contributed by atoms with Gasteiger partial charge < -0.3 is 10.2 Å². The largest absolute Gasteiger partial charge is 0.361 e. The molecule has 0 spiro atoms. The zero-order valence-electron chi connectivity index (χ0n) is 11.6. The van der Waals surface area contributed by atoms with Crippen LogP contribution in [0.3, 0.4) is 0 Å². The van der Waals surface area contributed by atoms with Crippen LogP contribution in [0.25, 0.3) is 10.2 Å². The molecule has 19 heavy (non-hydrogen) atoms. The van der Waals surface area contributed by atoms with Gasteiger partial charge in [-0.3, -0.25) is 0 Å². The molecule has 0 saturated carbocycles. The van der Waals surface area contributed by atoms with E-state index < -0.39 is 0 Å². The van der Waals surface area contributed by atoms with Crippen LogP contribution in [-0.2, 0) is 0 Å². The number of nitrogens with zero attached hydrogens (tertiary/aromatic N) is 2. The maximum absolute atomic E-state index is 5.97. The molecule has 0 aliphatic rings. The molecule has 1 heterocycles. The molecule has 0 aliphatic carbocycles. The number of aromatic nitrogens is 1. The van der Waals surface area contributed by atoms with Gasteiger partial charge in [0, 0.05) is 17.6 Å². The van der Waals surface area contributed by atoms with Gasteiger partial charge in [-0.15, -0.1) is 0 Å². The highest BCUT2D eigenvalue weighted by Crippen LogP contribution is 2.28. The summed E-state index contributed by atoms with van der Waals surface area (Å²) in [5, 5.41) is 5.13. The Kier molecular flexibility index (Phi) is 5.02. The van der Waals surface area contributed by atoms with Crippen LogP contribution in [0.1, 0.15) is 20.3 Å². The fraction of sp³-hybridized carbons (Fsp3) is 0.500. The molecule has 0 atom stereocenters. The lowest BCUT2D eigenvalue weighted by molar-refractivity contribution is 0.273. The van der Waals surface area contributed by atoms with E-state index in [1.165, 1.54) is 0 Å². The molecule has 0 fully saturated rings. The van der Waals surface area contributed by atoms with Gasteiger partial charge in [0.1, 0.15) is 0 Å². The molecule has 0 aliphatic heterocycles. The summed E-state index contributed by atoms with van der Waals surface area (Å²) in [7, 11) is 2.16. The third-order valence-electron chi connectivity index (χ3n) is 3.20. The molecule has 1 aromatic heterocycles. The van der Waals surface area contributed by atoms with Crippen LogP contribution in [0.15, 0.2) is 18.2 Å². The Bertz CT molecular complexity index is 538. The van der Waals surface area contributed by atoms with Gasteiger partial charge in [0.25, 0.3) is 0 Å². The number of halogens is 1. The van der Waals surface area contributed by atoms with Crippen LogP contribution in [0.5, 0.6) is 0 Å². The molecule has 3 nitrogen and oxygen atoms in total. The van der Waals surface area contributed by atoms with Gasteiger partial charge >= 0.3 is 0 Å². The van der Waals surface area contributed by atoms with Crippen LogP contribution in [-0.4, -0.2) is 36.1 Å². The summed E-state index contributed by atoms with van der Waals surface area (Å²) in [6, 6.07) is 6.41. The zero-order chi connectivity index (χ0) is 13.8. The lowest BCUT2D eigenvalue weighted by Gasteiger charge is -2.20. The number of thiazole rings is 1. The Morgan fingerprint density at radius 3 is 2.95 bits per heavy atom. The molecule has 2 aromatic rings. The number of rotatable bonds is 6. The summed E-state index contributed by atoms with van der Waals surface area (Å²) in [5.74, 6) is 0. The van der Waals surface area contributed by atoms with E-state index in [1.54, 1.807) is 11.3 Å². The molecule has 0 radical (unpaired) electrons. The SMILES string of the molecule is CC(C)N(C)CCCNc1nc2ccc(Cl)cc2s1. The third-order valence-corrected chi connectivity index (χ3v) is 4.41. The molecule has 0 amide bonds. The number of hydrogen-bond acceptors (Lipinski definition) is 4. The van der Waals surface area contributed by atoms with Crippen molar-refractivity contribution in [2.45, 2.75) is 26.3 Å². The van der Waals surface area contributed by atoms with E-state index in [2.05, 4.69) is 36.1 Å². The van der Waals surface area contributed by atoms with Gasteiger partial charge in [0.05, 0.1) is 10.2 Å². The van der Waals surface area contributed by atoms with Gasteiger partial charge in [-0.25, -0.2) is 4.98 Å². The third kappa shape index (κ3) is 4.06. The Morgan fingerprint density at radius 2 is 2.21 bits per heavy atom. The van der Waals surface area contributed by atoms with E-state index in [-0.39, 0.29) is 0 Å². The van der Waals surface area contributed by atoms with Crippen LogP contribution in [0.4, 0.5) is 5.13 Å². The first-order valence-corrected chi connectivity index (χ1v) is 7.76. The summed E-state index contributed by atoms with van der Waals surface area (Å²) >= 11 is 7.63. The minimum Gasteiger partial charge on any atom is -0.361 e. The Morgan fingerprint density at radius 1 is 1.42 bits per heavy atom. The summed E-state index contributed by atoms with van der Waals surface area (Å²) in [6.07, 6.45) is 1.12. The Labute approximate surface area is 123 Å². The first-order valence-electron chi connectivity index (χ1n) is 6.56. The minimum atomic E-state index is 0.601. The first-order chi connectivity index (χ1) is 9.06. The fourth-order valence-corrected chi connectivity index (χ4v) is 2.92. The Hall–Kier alpha value is -0.840. The fourth-order valence-electron chi connectivity index (χ4n) is 1.76. The van der Waals surface area contributed by atoms with Crippen molar-refractivity contribution in [3.8, 4) is 0 Å². The minimum absolute atomic E-state index is 0.601. The second kappa shape index (κ2) is 6.55. The second-order valence-corrected chi connectivity index (χ2v) is 6.45. The van der Waals surface area contributed by atoms with Crippen LogP contribution in [0.2, 0.25) is 5.02 Å². The van der Waals surface area contributed by atoms with Gasteiger partial charge in [-0.05, 0) is 52.1 Å². The molecule has 0 bridgehead atoms.